The maximum Gasteiger partial charge on any atom is 0.119 e. The highest BCUT2D eigenvalue weighted by atomic mass is 16.5. The lowest BCUT2D eigenvalue weighted by Gasteiger charge is -2.38. The van der Waals surface area contributed by atoms with Crippen LogP contribution >= 0.6 is 0 Å². The first-order valence-electron chi connectivity index (χ1n) is 6.22. The van der Waals surface area contributed by atoms with Gasteiger partial charge in [0.25, 0.3) is 0 Å². The molecular formula is C14H22N2O. The summed E-state index contributed by atoms with van der Waals surface area (Å²) >= 11 is 0. The summed E-state index contributed by atoms with van der Waals surface area (Å²) < 4.78 is 5.25. The van der Waals surface area contributed by atoms with Gasteiger partial charge in [0.1, 0.15) is 5.75 Å². The molecule has 1 aliphatic rings. The highest BCUT2D eigenvalue weighted by Crippen LogP contribution is 2.24. The van der Waals surface area contributed by atoms with Crippen LogP contribution in [0.2, 0.25) is 0 Å². The summed E-state index contributed by atoms with van der Waals surface area (Å²) in [5.41, 5.74) is 7.67. The third kappa shape index (κ3) is 3.20. The zero-order chi connectivity index (χ0) is 12.3. The van der Waals surface area contributed by atoms with Gasteiger partial charge < -0.3 is 15.4 Å². The van der Waals surface area contributed by atoms with Gasteiger partial charge in [-0.25, -0.2) is 0 Å². The van der Waals surface area contributed by atoms with Gasteiger partial charge in [-0.1, -0.05) is 12.1 Å². The molecule has 2 rings (SSSR count). The molecule has 0 saturated carbocycles. The van der Waals surface area contributed by atoms with Crippen LogP contribution in [0, 0.1) is 0 Å². The molecule has 3 nitrogen and oxygen atoms in total. The van der Waals surface area contributed by atoms with E-state index in [2.05, 4.69) is 24.1 Å². The Kier molecular flexibility index (Phi) is 3.69. The monoisotopic (exact) mass is 234 g/mol. The van der Waals surface area contributed by atoms with Gasteiger partial charge >= 0.3 is 0 Å². The molecule has 0 radical (unpaired) electrons. The van der Waals surface area contributed by atoms with Crippen molar-refractivity contribution in [1.82, 2.24) is 4.90 Å². The fraction of sp³-hybridized carbons (Fsp3) is 0.571. The topological polar surface area (TPSA) is 38.5 Å². The second kappa shape index (κ2) is 5.07. The predicted octanol–water partition coefficient (Wildman–Crippen LogP) is 1.66. The second-order valence-corrected chi connectivity index (χ2v) is 5.23. The Morgan fingerprint density at radius 3 is 3.00 bits per heavy atom. The summed E-state index contributed by atoms with van der Waals surface area (Å²) in [5, 5.41) is 0. The van der Waals surface area contributed by atoms with Crippen molar-refractivity contribution in [2.24, 2.45) is 5.73 Å². The number of likely N-dealkylation sites (N-methyl/N-ethyl adjacent to an activating group) is 1. The number of benzene rings is 1. The molecule has 1 heterocycles. The van der Waals surface area contributed by atoms with Crippen molar-refractivity contribution in [1.29, 1.82) is 0 Å². The number of ether oxygens (including phenoxy) is 1. The number of methoxy groups -OCH3 is 1. The molecule has 1 unspecified atom stereocenters. The van der Waals surface area contributed by atoms with Crippen LogP contribution in [0.5, 0.6) is 5.75 Å². The first kappa shape index (κ1) is 12.4. The van der Waals surface area contributed by atoms with E-state index in [1.807, 2.05) is 12.1 Å². The molecule has 94 valence electrons. The molecule has 1 aromatic carbocycles. The van der Waals surface area contributed by atoms with Crippen LogP contribution in [0.1, 0.15) is 18.4 Å². The lowest BCUT2D eigenvalue weighted by Crippen LogP contribution is -2.54. The molecule has 1 aromatic rings. The molecule has 0 amide bonds. The molecule has 1 atom stereocenters. The number of likely N-dealkylation sites (tertiary alicyclic amines) is 1. The molecule has 17 heavy (non-hydrogen) atoms. The van der Waals surface area contributed by atoms with Crippen LogP contribution in [-0.2, 0) is 6.42 Å². The van der Waals surface area contributed by atoms with E-state index in [0.29, 0.717) is 0 Å². The normalized spacial score (nSPS) is 25.8. The van der Waals surface area contributed by atoms with Gasteiger partial charge in [0.05, 0.1) is 7.11 Å². The van der Waals surface area contributed by atoms with Gasteiger partial charge in [0.15, 0.2) is 0 Å². The third-order valence-electron chi connectivity index (χ3n) is 3.49. The van der Waals surface area contributed by atoms with E-state index in [0.717, 1.165) is 31.7 Å². The average molecular weight is 234 g/mol. The van der Waals surface area contributed by atoms with Gasteiger partial charge in [-0.2, -0.15) is 0 Å². The zero-order valence-corrected chi connectivity index (χ0v) is 10.8. The summed E-state index contributed by atoms with van der Waals surface area (Å²) in [6.45, 7) is 2.14. The van der Waals surface area contributed by atoms with Gasteiger partial charge in [-0.3, -0.25) is 0 Å². The van der Waals surface area contributed by atoms with E-state index in [9.17, 15) is 0 Å². The van der Waals surface area contributed by atoms with Gasteiger partial charge in [-0.15, -0.1) is 0 Å². The largest absolute Gasteiger partial charge is 0.497 e. The van der Waals surface area contributed by atoms with E-state index >= 15 is 0 Å². The fourth-order valence-corrected chi connectivity index (χ4v) is 2.73. The molecule has 2 N–H and O–H groups in total. The van der Waals surface area contributed by atoms with Crippen molar-refractivity contribution >= 4 is 0 Å². The van der Waals surface area contributed by atoms with Crippen molar-refractivity contribution in [3.05, 3.63) is 29.8 Å². The van der Waals surface area contributed by atoms with Crippen molar-refractivity contribution in [3.63, 3.8) is 0 Å². The molecule has 0 bridgehead atoms. The molecule has 3 heteroatoms. The third-order valence-corrected chi connectivity index (χ3v) is 3.49. The molecular weight excluding hydrogens is 212 g/mol. The van der Waals surface area contributed by atoms with Crippen molar-refractivity contribution in [2.45, 2.75) is 24.8 Å². The van der Waals surface area contributed by atoms with Crippen LogP contribution in [0.4, 0.5) is 0 Å². The number of nitrogens with two attached hydrogens (primary N) is 1. The standard InChI is InChI=1S/C14H22N2O/c1-16-8-4-7-14(15,11-16)10-12-5-3-6-13(9-12)17-2/h3,5-6,9H,4,7-8,10-11,15H2,1-2H3. The summed E-state index contributed by atoms with van der Waals surface area (Å²) in [6.07, 6.45) is 3.22. The Morgan fingerprint density at radius 1 is 1.47 bits per heavy atom. The quantitative estimate of drug-likeness (QED) is 0.864. The molecule has 0 spiro atoms. The maximum atomic E-state index is 6.49. The summed E-state index contributed by atoms with van der Waals surface area (Å²) in [4.78, 5) is 2.32. The lowest BCUT2D eigenvalue weighted by molar-refractivity contribution is 0.178. The molecule has 1 aliphatic heterocycles. The van der Waals surface area contributed by atoms with Crippen molar-refractivity contribution in [3.8, 4) is 5.75 Å². The van der Waals surface area contributed by atoms with E-state index in [1.165, 1.54) is 12.0 Å². The highest BCUT2D eigenvalue weighted by molar-refractivity contribution is 5.29. The summed E-state index contributed by atoms with van der Waals surface area (Å²) in [7, 11) is 3.85. The van der Waals surface area contributed by atoms with Crippen LogP contribution in [0.3, 0.4) is 0 Å². The van der Waals surface area contributed by atoms with Crippen LogP contribution in [0.15, 0.2) is 24.3 Å². The van der Waals surface area contributed by atoms with E-state index in [4.69, 9.17) is 10.5 Å². The maximum absolute atomic E-state index is 6.49. The Balaban J connectivity index is 2.08. The van der Waals surface area contributed by atoms with Crippen LogP contribution < -0.4 is 10.5 Å². The van der Waals surface area contributed by atoms with E-state index in [-0.39, 0.29) is 5.54 Å². The van der Waals surface area contributed by atoms with Gasteiger partial charge in [0, 0.05) is 12.1 Å². The first-order valence-corrected chi connectivity index (χ1v) is 6.22. The van der Waals surface area contributed by atoms with E-state index in [1.54, 1.807) is 7.11 Å². The summed E-state index contributed by atoms with van der Waals surface area (Å²) in [5.74, 6) is 0.912. The van der Waals surface area contributed by atoms with Crippen molar-refractivity contribution in [2.75, 3.05) is 27.2 Å². The lowest BCUT2D eigenvalue weighted by atomic mass is 9.84. The van der Waals surface area contributed by atoms with Gasteiger partial charge in [0.2, 0.25) is 0 Å². The minimum Gasteiger partial charge on any atom is -0.497 e. The Bertz CT molecular complexity index is 380. The van der Waals surface area contributed by atoms with Crippen LogP contribution in [0.25, 0.3) is 0 Å². The molecule has 0 aromatic heterocycles. The minimum absolute atomic E-state index is 0.0840. The second-order valence-electron chi connectivity index (χ2n) is 5.23. The molecule has 0 aliphatic carbocycles. The number of rotatable bonds is 3. The Hall–Kier alpha value is -1.06. The number of piperidine rings is 1. The first-order chi connectivity index (χ1) is 8.11. The number of nitrogens with zero attached hydrogens (tertiary/aromatic N) is 1. The Morgan fingerprint density at radius 2 is 2.29 bits per heavy atom. The van der Waals surface area contributed by atoms with Crippen molar-refractivity contribution < 1.29 is 4.74 Å². The predicted molar refractivity (Wildman–Crippen MR) is 70.3 cm³/mol. The Labute approximate surface area is 104 Å². The minimum atomic E-state index is -0.0840. The highest BCUT2D eigenvalue weighted by Gasteiger charge is 2.30. The molecule has 1 fully saturated rings. The number of hydrogen-bond acceptors (Lipinski definition) is 3. The smallest absolute Gasteiger partial charge is 0.119 e. The average Bonchev–Trinajstić information content (AvgIpc) is 2.28. The number of hydrogen-bond donors (Lipinski definition) is 1. The van der Waals surface area contributed by atoms with Gasteiger partial charge in [-0.05, 0) is 50.6 Å². The fourth-order valence-electron chi connectivity index (χ4n) is 2.73. The summed E-state index contributed by atoms with van der Waals surface area (Å²) in [6, 6.07) is 8.22. The van der Waals surface area contributed by atoms with Crippen LogP contribution in [-0.4, -0.2) is 37.7 Å². The SMILES string of the molecule is COc1cccc(CC2(N)CCCN(C)C2)c1. The zero-order valence-electron chi connectivity index (χ0n) is 10.8. The van der Waals surface area contributed by atoms with E-state index < -0.39 is 0 Å². The molecule has 1 saturated heterocycles.